The molecule has 1 atom stereocenters. The van der Waals surface area contributed by atoms with E-state index >= 15 is 0 Å². The second kappa shape index (κ2) is 4.87. The fraction of sp³-hybridized carbons (Fsp3) is 0.462. The van der Waals surface area contributed by atoms with Crippen LogP contribution in [0.5, 0.6) is 0 Å². The van der Waals surface area contributed by atoms with Crippen molar-refractivity contribution in [2.75, 3.05) is 0 Å². The Morgan fingerprint density at radius 1 is 1.63 bits per heavy atom. The molecule has 1 saturated carbocycles. The number of carbonyl (C=O) groups is 1. The third-order valence-electron chi connectivity index (χ3n) is 3.30. The van der Waals surface area contributed by atoms with Crippen molar-refractivity contribution >= 4 is 5.91 Å². The maximum absolute atomic E-state index is 12.1. The minimum absolute atomic E-state index is 0.136. The van der Waals surface area contributed by atoms with Crippen molar-refractivity contribution < 1.29 is 9.32 Å². The Balaban J connectivity index is 1.68. The molecule has 0 aromatic carbocycles. The predicted molar refractivity (Wildman–Crippen MR) is 67.6 cm³/mol. The van der Waals surface area contributed by atoms with Gasteiger partial charge in [0.2, 0.25) is 0 Å². The molecule has 0 radical (unpaired) electrons. The maximum atomic E-state index is 12.1. The molecule has 2 N–H and O–H groups in total. The normalized spacial score (nSPS) is 16.3. The summed E-state index contributed by atoms with van der Waals surface area (Å²) in [6, 6.07) is 1.60. The van der Waals surface area contributed by atoms with E-state index in [4.69, 9.17) is 4.52 Å². The molecule has 2 aromatic rings. The van der Waals surface area contributed by atoms with Crippen LogP contribution in [0.2, 0.25) is 0 Å². The molecule has 0 aliphatic heterocycles. The fourth-order valence-electron chi connectivity index (χ4n) is 2.02. The lowest BCUT2D eigenvalue weighted by molar-refractivity contribution is 0.0924. The third-order valence-corrected chi connectivity index (χ3v) is 3.30. The first-order chi connectivity index (χ1) is 9.28. The lowest BCUT2D eigenvalue weighted by Gasteiger charge is -2.13. The molecule has 3 rings (SSSR count). The van der Waals surface area contributed by atoms with Crippen molar-refractivity contribution in [1.82, 2.24) is 20.4 Å². The highest BCUT2D eigenvalue weighted by molar-refractivity contribution is 5.92. The van der Waals surface area contributed by atoms with Crippen LogP contribution < -0.4 is 5.32 Å². The SMILES string of the molecule is CCC(NC(=O)c1cc(C2CC2)on1)c1ncc[nH]1. The second-order valence-corrected chi connectivity index (χ2v) is 4.80. The number of carbonyl (C=O) groups excluding carboxylic acids is 1. The molecule has 1 fully saturated rings. The number of nitrogens with zero attached hydrogens (tertiary/aromatic N) is 2. The quantitative estimate of drug-likeness (QED) is 0.862. The Hall–Kier alpha value is -2.11. The van der Waals surface area contributed by atoms with E-state index in [2.05, 4.69) is 20.4 Å². The predicted octanol–water partition coefficient (Wildman–Crippen LogP) is 2.16. The summed E-state index contributed by atoms with van der Waals surface area (Å²) in [5.74, 6) is 1.80. The van der Waals surface area contributed by atoms with Crippen molar-refractivity contribution in [2.24, 2.45) is 0 Å². The zero-order chi connectivity index (χ0) is 13.2. The highest BCUT2D eigenvalue weighted by atomic mass is 16.5. The van der Waals surface area contributed by atoms with E-state index in [-0.39, 0.29) is 11.9 Å². The molecular weight excluding hydrogens is 244 g/mol. The Kier molecular flexibility index (Phi) is 3.06. The number of aromatic nitrogens is 3. The highest BCUT2D eigenvalue weighted by Crippen LogP contribution is 2.40. The molecule has 0 saturated heterocycles. The highest BCUT2D eigenvalue weighted by Gasteiger charge is 2.29. The van der Waals surface area contributed by atoms with Gasteiger partial charge in [0.15, 0.2) is 5.69 Å². The van der Waals surface area contributed by atoms with E-state index in [9.17, 15) is 4.79 Å². The molecule has 0 spiro atoms. The molecule has 6 heteroatoms. The molecule has 2 heterocycles. The van der Waals surface area contributed by atoms with Gasteiger partial charge in [-0.2, -0.15) is 0 Å². The maximum Gasteiger partial charge on any atom is 0.274 e. The van der Waals surface area contributed by atoms with Crippen LogP contribution in [0.3, 0.4) is 0 Å². The number of imidazole rings is 1. The van der Waals surface area contributed by atoms with E-state index in [1.165, 1.54) is 0 Å². The van der Waals surface area contributed by atoms with Gasteiger partial charge in [0.25, 0.3) is 5.91 Å². The first-order valence-corrected chi connectivity index (χ1v) is 6.54. The van der Waals surface area contributed by atoms with Gasteiger partial charge in [0.1, 0.15) is 11.6 Å². The molecule has 1 amide bonds. The standard InChI is InChI=1S/C13H16N4O2/c1-2-9(12-14-5-6-15-12)16-13(18)10-7-11(19-17-10)8-3-4-8/h5-9H,2-4H2,1H3,(H,14,15)(H,16,18). The summed E-state index contributed by atoms with van der Waals surface area (Å²) < 4.78 is 5.18. The molecule has 19 heavy (non-hydrogen) atoms. The summed E-state index contributed by atoms with van der Waals surface area (Å²) in [5, 5.41) is 6.73. The minimum atomic E-state index is -0.223. The van der Waals surface area contributed by atoms with Crippen molar-refractivity contribution in [3.8, 4) is 0 Å². The minimum Gasteiger partial charge on any atom is -0.360 e. The van der Waals surface area contributed by atoms with Crippen LogP contribution in [0.4, 0.5) is 0 Å². The van der Waals surface area contributed by atoms with Gasteiger partial charge in [0.05, 0.1) is 6.04 Å². The molecule has 2 aromatic heterocycles. The van der Waals surface area contributed by atoms with E-state index in [1.807, 2.05) is 6.92 Å². The van der Waals surface area contributed by atoms with Gasteiger partial charge in [-0.05, 0) is 19.3 Å². The van der Waals surface area contributed by atoms with Gasteiger partial charge >= 0.3 is 0 Å². The van der Waals surface area contributed by atoms with E-state index in [0.717, 1.165) is 30.8 Å². The van der Waals surface area contributed by atoms with Crippen molar-refractivity contribution in [3.63, 3.8) is 0 Å². The Labute approximate surface area is 110 Å². The number of aromatic amines is 1. The number of amides is 1. The first kappa shape index (κ1) is 12.0. The van der Waals surface area contributed by atoms with Crippen LogP contribution in [0.15, 0.2) is 23.0 Å². The number of rotatable bonds is 5. The second-order valence-electron chi connectivity index (χ2n) is 4.80. The number of nitrogens with one attached hydrogen (secondary N) is 2. The van der Waals surface area contributed by atoms with Gasteiger partial charge in [-0.25, -0.2) is 4.98 Å². The third kappa shape index (κ3) is 2.52. The number of hydrogen-bond acceptors (Lipinski definition) is 4. The Morgan fingerprint density at radius 2 is 2.47 bits per heavy atom. The summed E-state index contributed by atoms with van der Waals surface area (Å²) in [5.41, 5.74) is 0.340. The lowest BCUT2D eigenvalue weighted by Crippen LogP contribution is -2.29. The summed E-state index contributed by atoms with van der Waals surface area (Å²) in [7, 11) is 0. The fourth-order valence-corrected chi connectivity index (χ4v) is 2.02. The topological polar surface area (TPSA) is 83.8 Å². The molecular formula is C13H16N4O2. The summed E-state index contributed by atoms with van der Waals surface area (Å²) in [6.07, 6.45) is 6.42. The zero-order valence-electron chi connectivity index (χ0n) is 10.7. The Morgan fingerprint density at radius 3 is 3.11 bits per heavy atom. The number of H-pyrrole nitrogens is 1. The van der Waals surface area contributed by atoms with Gasteiger partial charge in [-0.15, -0.1) is 0 Å². The molecule has 1 aliphatic rings. The van der Waals surface area contributed by atoms with Gasteiger partial charge < -0.3 is 14.8 Å². The average molecular weight is 260 g/mol. The van der Waals surface area contributed by atoms with Crippen molar-refractivity contribution in [3.05, 3.63) is 35.7 Å². The van der Waals surface area contributed by atoms with Gasteiger partial charge in [0, 0.05) is 24.4 Å². The van der Waals surface area contributed by atoms with E-state index < -0.39 is 0 Å². The summed E-state index contributed by atoms with van der Waals surface area (Å²) in [4.78, 5) is 19.3. The van der Waals surface area contributed by atoms with Crippen molar-refractivity contribution in [2.45, 2.75) is 38.1 Å². The average Bonchev–Trinajstić information content (AvgIpc) is 2.96. The zero-order valence-corrected chi connectivity index (χ0v) is 10.7. The summed E-state index contributed by atoms with van der Waals surface area (Å²) >= 11 is 0. The monoisotopic (exact) mass is 260 g/mol. The molecule has 1 unspecified atom stereocenters. The molecule has 0 bridgehead atoms. The Bertz CT molecular complexity index is 557. The van der Waals surface area contributed by atoms with Crippen molar-refractivity contribution in [1.29, 1.82) is 0 Å². The number of hydrogen-bond donors (Lipinski definition) is 2. The van der Waals surface area contributed by atoms with Gasteiger partial charge in [-0.3, -0.25) is 4.79 Å². The van der Waals surface area contributed by atoms with Gasteiger partial charge in [-0.1, -0.05) is 12.1 Å². The molecule has 100 valence electrons. The lowest BCUT2D eigenvalue weighted by atomic mass is 10.2. The molecule has 1 aliphatic carbocycles. The largest absolute Gasteiger partial charge is 0.360 e. The van der Waals surface area contributed by atoms with Crippen LogP contribution in [0.25, 0.3) is 0 Å². The van der Waals surface area contributed by atoms with E-state index in [0.29, 0.717) is 11.6 Å². The van der Waals surface area contributed by atoms with Crippen LogP contribution >= 0.6 is 0 Å². The first-order valence-electron chi connectivity index (χ1n) is 6.54. The van der Waals surface area contributed by atoms with Crippen LogP contribution in [0.1, 0.15) is 60.2 Å². The van der Waals surface area contributed by atoms with E-state index in [1.54, 1.807) is 18.5 Å². The van der Waals surface area contributed by atoms with Crippen LogP contribution in [-0.2, 0) is 0 Å². The van der Waals surface area contributed by atoms with Crippen LogP contribution in [-0.4, -0.2) is 21.0 Å². The smallest absolute Gasteiger partial charge is 0.274 e. The molecule has 6 nitrogen and oxygen atoms in total. The van der Waals surface area contributed by atoms with Crippen LogP contribution in [0, 0.1) is 0 Å². The summed E-state index contributed by atoms with van der Waals surface area (Å²) in [6.45, 7) is 1.99.